The molecule has 0 atom stereocenters. The van der Waals surface area contributed by atoms with E-state index in [9.17, 15) is 14.4 Å². The fourth-order valence-electron chi connectivity index (χ4n) is 4.10. The number of hydrogen-bond acceptors (Lipinski definition) is 7. The van der Waals surface area contributed by atoms with Gasteiger partial charge >= 0.3 is 0 Å². The van der Waals surface area contributed by atoms with Crippen LogP contribution in [0.5, 0.6) is 17.2 Å². The van der Waals surface area contributed by atoms with Crippen LogP contribution >= 0.6 is 23.4 Å². The van der Waals surface area contributed by atoms with Crippen molar-refractivity contribution < 1.29 is 28.6 Å². The second kappa shape index (κ2) is 15.5. The molecule has 11 heteroatoms. The standard InChI is InChI=1S/C33H30ClN3O6S/c1-41-28-16-15-23(34)18-26(28)36-30(38)20-44-25-13-8-12-24(19-25)35-33(40)27(37-32(39)21-9-5-4-6-10-21)17-22-11-7-14-29(42-2)31(22)43-3/h4-19H,20H2,1-3H3,(H,35,40)(H,36,38)(H,37,39)/b27-17+. The van der Waals surface area contributed by atoms with E-state index in [1.807, 2.05) is 6.07 Å². The molecule has 0 aliphatic heterocycles. The first-order valence-corrected chi connectivity index (χ1v) is 14.6. The van der Waals surface area contributed by atoms with Gasteiger partial charge in [0.05, 0.1) is 32.8 Å². The zero-order chi connectivity index (χ0) is 31.5. The van der Waals surface area contributed by atoms with Crippen molar-refractivity contribution in [1.29, 1.82) is 0 Å². The number of thioether (sulfide) groups is 1. The fourth-order valence-corrected chi connectivity index (χ4v) is 5.03. The third kappa shape index (κ3) is 8.56. The zero-order valence-electron chi connectivity index (χ0n) is 24.2. The van der Waals surface area contributed by atoms with Crippen molar-refractivity contribution in [2.24, 2.45) is 0 Å². The number of hydrogen-bond donors (Lipinski definition) is 3. The number of nitrogens with one attached hydrogen (secondary N) is 3. The van der Waals surface area contributed by atoms with Gasteiger partial charge in [-0.3, -0.25) is 14.4 Å². The number of anilines is 2. The minimum atomic E-state index is -0.563. The molecule has 0 aromatic heterocycles. The van der Waals surface area contributed by atoms with E-state index in [4.69, 9.17) is 25.8 Å². The molecular weight excluding hydrogens is 602 g/mol. The summed E-state index contributed by atoms with van der Waals surface area (Å²) in [5.74, 6) is 0.186. The smallest absolute Gasteiger partial charge is 0.272 e. The number of ether oxygens (including phenoxy) is 3. The Balaban J connectivity index is 1.51. The topological polar surface area (TPSA) is 115 Å². The van der Waals surface area contributed by atoms with Gasteiger partial charge in [0.25, 0.3) is 11.8 Å². The Kier molecular flexibility index (Phi) is 11.3. The van der Waals surface area contributed by atoms with E-state index < -0.39 is 11.8 Å². The van der Waals surface area contributed by atoms with Crippen molar-refractivity contribution in [3.05, 3.63) is 113 Å². The van der Waals surface area contributed by atoms with Crippen LogP contribution < -0.4 is 30.2 Å². The lowest BCUT2D eigenvalue weighted by molar-refractivity contribution is -0.114. The molecule has 0 aliphatic carbocycles. The molecule has 4 aromatic rings. The lowest BCUT2D eigenvalue weighted by Gasteiger charge is -2.14. The highest BCUT2D eigenvalue weighted by atomic mass is 35.5. The van der Waals surface area contributed by atoms with Crippen molar-refractivity contribution in [1.82, 2.24) is 5.32 Å². The summed E-state index contributed by atoms with van der Waals surface area (Å²) in [4.78, 5) is 40.0. The maximum Gasteiger partial charge on any atom is 0.272 e. The van der Waals surface area contributed by atoms with E-state index in [0.29, 0.717) is 44.8 Å². The number of carbonyl (C=O) groups excluding carboxylic acids is 3. The molecule has 0 heterocycles. The van der Waals surface area contributed by atoms with E-state index in [1.165, 1.54) is 39.2 Å². The van der Waals surface area contributed by atoms with Crippen LogP contribution in [0.2, 0.25) is 5.02 Å². The van der Waals surface area contributed by atoms with Gasteiger partial charge in [-0.05, 0) is 60.7 Å². The van der Waals surface area contributed by atoms with Crippen LogP contribution in [0.4, 0.5) is 11.4 Å². The van der Waals surface area contributed by atoms with Gasteiger partial charge in [-0.1, -0.05) is 48.0 Å². The van der Waals surface area contributed by atoms with Crippen LogP contribution in [0.1, 0.15) is 15.9 Å². The highest BCUT2D eigenvalue weighted by Crippen LogP contribution is 2.32. The monoisotopic (exact) mass is 631 g/mol. The maximum atomic E-state index is 13.5. The van der Waals surface area contributed by atoms with Gasteiger partial charge in [0.1, 0.15) is 11.4 Å². The Morgan fingerprint density at radius 1 is 0.795 bits per heavy atom. The predicted octanol–water partition coefficient (Wildman–Crippen LogP) is 6.51. The highest BCUT2D eigenvalue weighted by Gasteiger charge is 2.18. The molecule has 0 radical (unpaired) electrons. The van der Waals surface area contributed by atoms with E-state index >= 15 is 0 Å². The van der Waals surface area contributed by atoms with Gasteiger partial charge in [0.2, 0.25) is 5.91 Å². The number of amides is 3. The summed E-state index contributed by atoms with van der Waals surface area (Å²) in [5, 5.41) is 8.82. The van der Waals surface area contributed by atoms with E-state index in [2.05, 4.69) is 16.0 Å². The van der Waals surface area contributed by atoms with Crippen LogP contribution in [-0.2, 0) is 9.59 Å². The molecule has 44 heavy (non-hydrogen) atoms. The molecule has 4 aromatic carbocycles. The Morgan fingerprint density at radius 3 is 2.27 bits per heavy atom. The Morgan fingerprint density at radius 2 is 1.55 bits per heavy atom. The first kappa shape index (κ1) is 32.0. The highest BCUT2D eigenvalue weighted by molar-refractivity contribution is 8.00. The summed E-state index contributed by atoms with van der Waals surface area (Å²) in [5.41, 5.74) is 1.83. The predicted molar refractivity (Wildman–Crippen MR) is 174 cm³/mol. The third-order valence-electron chi connectivity index (χ3n) is 6.16. The van der Waals surface area contributed by atoms with Crippen LogP contribution in [0.15, 0.2) is 102 Å². The SMILES string of the molecule is COc1ccc(Cl)cc1NC(=O)CSc1cccc(NC(=O)/C(=C\c2cccc(OC)c2OC)NC(=O)c2ccccc2)c1. The average molecular weight is 632 g/mol. The van der Waals surface area contributed by atoms with Gasteiger partial charge in [-0.25, -0.2) is 0 Å². The molecule has 0 saturated heterocycles. The van der Waals surface area contributed by atoms with Gasteiger partial charge < -0.3 is 30.2 Å². The van der Waals surface area contributed by atoms with Crippen LogP contribution in [0.3, 0.4) is 0 Å². The minimum Gasteiger partial charge on any atom is -0.495 e. The van der Waals surface area contributed by atoms with Crippen LogP contribution in [0.25, 0.3) is 6.08 Å². The second-order valence-electron chi connectivity index (χ2n) is 9.12. The summed E-state index contributed by atoms with van der Waals surface area (Å²) >= 11 is 7.34. The first-order chi connectivity index (χ1) is 21.3. The van der Waals surface area contributed by atoms with Gasteiger partial charge in [0.15, 0.2) is 11.5 Å². The summed E-state index contributed by atoms with van der Waals surface area (Å²) in [7, 11) is 4.51. The second-order valence-corrected chi connectivity index (χ2v) is 10.6. The molecule has 3 N–H and O–H groups in total. The number of benzene rings is 4. The van der Waals surface area contributed by atoms with Crippen molar-refractivity contribution in [2.45, 2.75) is 4.90 Å². The van der Waals surface area contributed by atoms with Crippen molar-refractivity contribution in [2.75, 3.05) is 37.7 Å². The molecular formula is C33H30ClN3O6S. The summed E-state index contributed by atoms with van der Waals surface area (Å²) in [6, 6.07) is 25.8. The molecule has 0 aliphatic rings. The van der Waals surface area contributed by atoms with Crippen molar-refractivity contribution in [3.8, 4) is 17.2 Å². The Hall–Kier alpha value is -4.93. The molecule has 0 spiro atoms. The average Bonchev–Trinajstić information content (AvgIpc) is 3.04. The fraction of sp³-hybridized carbons (Fsp3) is 0.121. The third-order valence-corrected chi connectivity index (χ3v) is 7.39. The molecule has 4 rings (SSSR count). The maximum absolute atomic E-state index is 13.5. The normalized spacial score (nSPS) is 10.9. The Bertz CT molecular complexity index is 1680. The summed E-state index contributed by atoms with van der Waals surface area (Å²) in [6.45, 7) is 0. The van der Waals surface area contributed by atoms with Gasteiger partial charge in [0, 0.05) is 26.7 Å². The zero-order valence-corrected chi connectivity index (χ0v) is 25.8. The van der Waals surface area contributed by atoms with Crippen molar-refractivity contribution in [3.63, 3.8) is 0 Å². The number of rotatable bonds is 12. The molecule has 0 bridgehead atoms. The van der Waals surface area contributed by atoms with E-state index in [-0.39, 0.29) is 17.4 Å². The lowest BCUT2D eigenvalue weighted by Crippen LogP contribution is -2.30. The quantitative estimate of drug-likeness (QED) is 0.121. The molecule has 3 amide bonds. The molecule has 0 fully saturated rings. The number of halogens is 1. The lowest BCUT2D eigenvalue weighted by atomic mass is 10.1. The largest absolute Gasteiger partial charge is 0.495 e. The molecule has 9 nitrogen and oxygen atoms in total. The number of carbonyl (C=O) groups is 3. The minimum absolute atomic E-state index is 0.0155. The van der Waals surface area contributed by atoms with Crippen LogP contribution in [-0.4, -0.2) is 44.8 Å². The molecule has 226 valence electrons. The molecule has 0 unspecified atom stereocenters. The van der Waals surface area contributed by atoms with Gasteiger partial charge in [-0.15, -0.1) is 11.8 Å². The van der Waals surface area contributed by atoms with Gasteiger partial charge in [-0.2, -0.15) is 0 Å². The summed E-state index contributed by atoms with van der Waals surface area (Å²) < 4.78 is 16.2. The first-order valence-electron chi connectivity index (χ1n) is 13.3. The Labute approximate surface area is 264 Å². The number of methoxy groups -OCH3 is 3. The van der Waals surface area contributed by atoms with E-state index in [1.54, 1.807) is 84.9 Å². The number of para-hydroxylation sites is 1. The van der Waals surface area contributed by atoms with E-state index in [0.717, 1.165) is 4.90 Å². The van der Waals surface area contributed by atoms with Crippen molar-refractivity contribution >= 4 is 58.5 Å². The molecule has 0 saturated carbocycles. The summed E-state index contributed by atoms with van der Waals surface area (Å²) in [6.07, 6.45) is 1.52. The van der Waals surface area contributed by atoms with Crippen LogP contribution in [0, 0.1) is 0 Å².